The molecule has 0 atom stereocenters. The number of amides is 1. The van der Waals surface area contributed by atoms with Gasteiger partial charge in [0.25, 0.3) is 5.91 Å². The second-order valence-corrected chi connectivity index (χ2v) is 15.7. The summed E-state index contributed by atoms with van der Waals surface area (Å²) in [6, 6.07) is 52.9. The highest BCUT2D eigenvalue weighted by molar-refractivity contribution is 8.03. The molecule has 0 saturated carbocycles. The van der Waals surface area contributed by atoms with E-state index in [4.69, 9.17) is 23.6 Å². The molecule has 0 spiro atoms. The van der Waals surface area contributed by atoms with E-state index in [1.54, 1.807) is 0 Å². The van der Waals surface area contributed by atoms with Crippen LogP contribution in [0.2, 0.25) is 0 Å². The van der Waals surface area contributed by atoms with Crippen LogP contribution in [0, 0.1) is 10.2 Å². The molecule has 5 aromatic rings. The van der Waals surface area contributed by atoms with E-state index in [0.29, 0.717) is 18.8 Å². The van der Waals surface area contributed by atoms with E-state index in [2.05, 4.69) is 146 Å². The normalized spacial score (nSPS) is 12.3. The average molecular weight is 738 g/mol. The van der Waals surface area contributed by atoms with E-state index in [1.165, 1.54) is 15.9 Å². The molecule has 0 heterocycles. The predicted octanol–water partition coefficient (Wildman–Crippen LogP) is 3.25. The Morgan fingerprint density at radius 3 is 1.15 bits per heavy atom. The van der Waals surface area contributed by atoms with Crippen molar-refractivity contribution in [1.29, 1.82) is 0 Å². The van der Waals surface area contributed by atoms with Gasteiger partial charge in [0.05, 0.1) is 0 Å². The quantitative estimate of drug-likeness (QED) is 0.0838. The van der Waals surface area contributed by atoms with Gasteiger partial charge in [0.2, 0.25) is 0 Å². The van der Waals surface area contributed by atoms with Crippen LogP contribution in [0.5, 0.6) is 0 Å². The summed E-state index contributed by atoms with van der Waals surface area (Å²) in [6.45, 7) is 11.0. The van der Waals surface area contributed by atoms with Crippen LogP contribution in [-0.4, -0.2) is 47.7 Å². The molecule has 0 aliphatic carbocycles. The monoisotopic (exact) mass is 737 g/mol. The summed E-state index contributed by atoms with van der Waals surface area (Å²) in [6.07, 6.45) is 0. The lowest BCUT2D eigenvalue weighted by molar-refractivity contribution is -2.00. The standard InChI is InChI=1S/C42H45N3OP.ClHO4/c1-5-44(6-2)41(35-26-16-10-17-27-35)43-39(42(46)45(7-3)8-4)40(34-24-14-9-15-25-34)47(36-28-18-11-19-29-36,37-30-20-12-21-31-37)38-32-22-13-23-33-38;2-1(3,4)5/h9-33H,5-8H2,1-4H3;(H,2,3,4,5)/q+1;/p-1/b40-39+,43-41?;. The van der Waals surface area contributed by atoms with Gasteiger partial charge < -0.3 is 9.80 Å². The maximum Gasteiger partial charge on any atom is 0.276 e. The molecule has 0 radical (unpaired) electrons. The van der Waals surface area contributed by atoms with Crippen molar-refractivity contribution in [2.24, 2.45) is 4.99 Å². The first-order valence-electron chi connectivity index (χ1n) is 17.3. The SMILES string of the molecule is CCN(CC)C(=O)/C(N=C(c1ccccc1)N(CC)CC)=C(/c1ccccc1)[P+](c1ccccc1)(c1ccccc1)c1ccccc1.[O-][Cl+3]([O-])([O-])[O-]. The second-order valence-electron chi connectivity index (χ2n) is 11.6. The van der Waals surface area contributed by atoms with Gasteiger partial charge in [0.1, 0.15) is 34.3 Å². The minimum atomic E-state index is -4.94. The molecular formula is C42H45ClN3O5P. The van der Waals surface area contributed by atoms with Crippen LogP contribution in [0.1, 0.15) is 38.8 Å². The van der Waals surface area contributed by atoms with Crippen molar-refractivity contribution in [3.8, 4) is 0 Å². The van der Waals surface area contributed by atoms with Gasteiger partial charge in [-0.1, -0.05) is 115 Å². The van der Waals surface area contributed by atoms with E-state index in [1.807, 2.05) is 43.0 Å². The maximum absolute atomic E-state index is 15.2. The Morgan fingerprint density at radius 2 is 0.827 bits per heavy atom. The summed E-state index contributed by atoms with van der Waals surface area (Å²) in [4.78, 5) is 24.9. The fourth-order valence-electron chi connectivity index (χ4n) is 6.27. The zero-order valence-electron chi connectivity index (χ0n) is 30.0. The van der Waals surface area contributed by atoms with Crippen LogP contribution in [0.4, 0.5) is 0 Å². The lowest BCUT2D eigenvalue weighted by Crippen LogP contribution is -2.68. The van der Waals surface area contributed by atoms with Gasteiger partial charge in [0, 0.05) is 37.3 Å². The number of benzene rings is 5. The van der Waals surface area contributed by atoms with Gasteiger partial charge in [-0.15, -0.1) is 10.2 Å². The molecular weight excluding hydrogens is 693 g/mol. The van der Waals surface area contributed by atoms with E-state index in [9.17, 15) is 0 Å². The Balaban J connectivity index is 0.00000113. The highest BCUT2D eigenvalue weighted by atomic mass is 35.7. The summed E-state index contributed by atoms with van der Waals surface area (Å²) in [5.41, 5.74) is 2.45. The van der Waals surface area contributed by atoms with Gasteiger partial charge >= 0.3 is 0 Å². The molecule has 0 saturated heterocycles. The Kier molecular flexibility index (Phi) is 14.9. The number of halogens is 1. The molecule has 10 heteroatoms. The van der Waals surface area contributed by atoms with Crippen molar-refractivity contribution in [2.75, 3.05) is 26.2 Å². The number of likely N-dealkylation sites (N-methyl/N-ethyl adjacent to an activating group) is 1. The molecule has 270 valence electrons. The Hall–Kier alpha value is -4.66. The summed E-state index contributed by atoms with van der Waals surface area (Å²) in [5.74, 6) is 0.730. The van der Waals surface area contributed by atoms with E-state index in [-0.39, 0.29) is 5.91 Å². The lowest BCUT2D eigenvalue weighted by atomic mass is 10.1. The maximum atomic E-state index is 15.2. The molecule has 52 heavy (non-hydrogen) atoms. The van der Waals surface area contributed by atoms with E-state index < -0.39 is 17.5 Å². The molecule has 0 unspecified atom stereocenters. The minimum Gasteiger partial charge on any atom is -0.357 e. The summed E-state index contributed by atoms with van der Waals surface area (Å²) < 4.78 is 34.0. The van der Waals surface area contributed by atoms with Crippen LogP contribution in [0.3, 0.4) is 0 Å². The first-order chi connectivity index (χ1) is 25.1. The third-order valence-corrected chi connectivity index (χ3v) is 13.0. The number of hydrogen-bond acceptors (Lipinski definition) is 6. The van der Waals surface area contributed by atoms with Crippen LogP contribution in [0.15, 0.2) is 162 Å². The minimum absolute atomic E-state index is 0.0680. The van der Waals surface area contributed by atoms with Crippen molar-refractivity contribution >= 4 is 40.2 Å². The number of carbonyl (C=O) groups excluding carboxylic acids is 1. The summed E-state index contributed by atoms with van der Waals surface area (Å²) in [7, 11) is -7.69. The number of nitrogens with zero attached hydrogens (tertiary/aromatic N) is 3. The van der Waals surface area contributed by atoms with Gasteiger partial charge in [-0.25, -0.2) is 23.6 Å². The molecule has 0 N–H and O–H groups in total. The highest BCUT2D eigenvalue weighted by Gasteiger charge is 2.53. The van der Waals surface area contributed by atoms with Crippen molar-refractivity contribution < 1.29 is 33.7 Å². The number of rotatable bonds is 12. The van der Waals surface area contributed by atoms with Crippen molar-refractivity contribution in [3.63, 3.8) is 0 Å². The van der Waals surface area contributed by atoms with Crippen molar-refractivity contribution in [2.45, 2.75) is 27.7 Å². The summed E-state index contributed by atoms with van der Waals surface area (Å²) in [5, 5.41) is 4.46. The van der Waals surface area contributed by atoms with Crippen molar-refractivity contribution in [3.05, 3.63) is 168 Å². The largest absolute Gasteiger partial charge is 0.357 e. The molecule has 0 fully saturated rings. The van der Waals surface area contributed by atoms with E-state index >= 15 is 4.79 Å². The number of carbonyl (C=O) groups is 1. The second kappa shape index (κ2) is 19.3. The molecule has 0 aromatic heterocycles. The number of aliphatic imine (C=N–C) groups is 1. The van der Waals surface area contributed by atoms with Crippen LogP contribution in [-0.2, 0) is 4.79 Å². The van der Waals surface area contributed by atoms with Crippen molar-refractivity contribution in [1.82, 2.24) is 9.80 Å². The van der Waals surface area contributed by atoms with Gasteiger partial charge in [-0.05, 0) is 64.1 Å². The third kappa shape index (κ3) is 9.81. The number of amidine groups is 1. The number of hydrogen-bond donors (Lipinski definition) is 0. The molecule has 0 aliphatic heterocycles. The molecule has 0 aliphatic rings. The zero-order chi connectivity index (χ0) is 37.6. The molecule has 5 aromatic carbocycles. The predicted molar refractivity (Wildman–Crippen MR) is 202 cm³/mol. The molecule has 0 bridgehead atoms. The smallest absolute Gasteiger partial charge is 0.276 e. The Labute approximate surface area is 310 Å². The van der Waals surface area contributed by atoms with Crippen LogP contribution >= 0.6 is 7.26 Å². The van der Waals surface area contributed by atoms with Crippen LogP contribution < -0.4 is 34.5 Å². The molecule has 8 nitrogen and oxygen atoms in total. The third-order valence-electron chi connectivity index (χ3n) is 8.60. The van der Waals surface area contributed by atoms with Gasteiger partial charge in [-0.3, -0.25) is 4.79 Å². The van der Waals surface area contributed by atoms with Gasteiger partial charge in [0.15, 0.2) is 5.70 Å². The fourth-order valence-corrected chi connectivity index (χ4v) is 10.8. The Morgan fingerprint density at radius 1 is 0.519 bits per heavy atom. The van der Waals surface area contributed by atoms with E-state index in [0.717, 1.165) is 35.4 Å². The first kappa shape index (κ1) is 40.1. The molecule has 1 amide bonds. The first-order valence-corrected chi connectivity index (χ1v) is 20.3. The summed E-state index contributed by atoms with van der Waals surface area (Å²) >= 11 is 0. The molecule has 5 rings (SSSR count). The topological polar surface area (TPSA) is 128 Å². The lowest BCUT2D eigenvalue weighted by Gasteiger charge is -2.32. The fraction of sp³-hybridized carbons (Fsp3) is 0.190. The van der Waals surface area contributed by atoms with Crippen LogP contribution in [0.25, 0.3) is 5.31 Å². The zero-order valence-corrected chi connectivity index (χ0v) is 31.6. The average Bonchev–Trinajstić information content (AvgIpc) is 3.17. The Bertz CT molecular complexity index is 1780. The highest BCUT2D eigenvalue weighted by Crippen LogP contribution is 2.67. The van der Waals surface area contributed by atoms with Gasteiger partial charge in [-0.2, -0.15) is 0 Å².